The van der Waals surface area contributed by atoms with Gasteiger partial charge in [0.25, 0.3) is 11.8 Å². The van der Waals surface area contributed by atoms with Crippen LogP contribution in [0.2, 0.25) is 0 Å². The van der Waals surface area contributed by atoms with Gasteiger partial charge in [0.05, 0.1) is 29.2 Å². The molecule has 1 aliphatic rings. The highest BCUT2D eigenvalue weighted by atomic mass is 32.2. The van der Waals surface area contributed by atoms with Crippen molar-refractivity contribution in [2.24, 2.45) is 0 Å². The van der Waals surface area contributed by atoms with Gasteiger partial charge >= 0.3 is 5.97 Å². The largest absolute Gasteiger partial charge is 0.462 e. The molecule has 3 aromatic rings. The number of nitrogens with zero attached hydrogens (tertiary/aromatic N) is 1. The first-order valence-electron chi connectivity index (χ1n) is 10.7. The standard InChI is InChI=1S/C27H23NO4S/c1-2-17-32-27(31)21-15-13-19(14-16-21)18-28-25(29)23(20-9-5-3-6-10-20)24(26(28)30)33-22-11-7-4-8-12-22/h3-16H,2,17-18H2,1H3. The minimum absolute atomic E-state index is 0.122. The highest BCUT2D eigenvalue weighted by Crippen LogP contribution is 2.40. The Hall–Kier alpha value is -3.64. The fourth-order valence-electron chi connectivity index (χ4n) is 3.46. The number of carbonyl (C=O) groups excluding carboxylic acids is 3. The van der Waals surface area contributed by atoms with Gasteiger partial charge in [-0.3, -0.25) is 14.5 Å². The van der Waals surface area contributed by atoms with Gasteiger partial charge in [-0.2, -0.15) is 0 Å². The van der Waals surface area contributed by atoms with E-state index < -0.39 is 0 Å². The first-order valence-corrected chi connectivity index (χ1v) is 11.5. The smallest absolute Gasteiger partial charge is 0.338 e. The quantitative estimate of drug-likeness (QED) is 0.338. The van der Waals surface area contributed by atoms with Crippen LogP contribution in [0, 0.1) is 0 Å². The number of hydrogen-bond acceptors (Lipinski definition) is 5. The lowest BCUT2D eigenvalue weighted by molar-refractivity contribution is -0.137. The third kappa shape index (κ3) is 5.07. The van der Waals surface area contributed by atoms with Crippen molar-refractivity contribution in [1.82, 2.24) is 4.90 Å². The average Bonchev–Trinajstić information content (AvgIpc) is 3.08. The number of rotatable bonds is 8. The van der Waals surface area contributed by atoms with Crippen molar-refractivity contribution in [3.8, 4) is 0 Å². The van der Waals surface area contributed by atoms with E-state index in [0.717, 1.165) is 16.9 Å². The van der Waals surface area contributed by atoms with Crippen molar-refractivity contribution in [3.63, 3.8) is 0 Å². The Morgan fingerprint density at radius 1 is 0.848 bits per heavy atom. The normalized spacial score (nSPS) is 13.5. The van der Waals surface area contributed by atoms with Crippen LogP contribution in [0.5, 0.6) is 0 Å². The number of thioether (sulfide) groups is 1. The van der Waals surface area contributed by atoms with Crippen molar-refractivity contribution < 1.29 is 19.1 Å². The lowest BCUT2D eigenvalue weighted by Gasteiger charge is -2.15. The second-order valence-corrected chi connectivity index (χ2v) is 8.60. The van der Waals surface area contributed by atoms with Gasteiger partial charge in [0.2, 0.25) is 0 Å². The van der Waals surface area contributed by atoms with Crippen LogP contribution in [0.15, 0.2) is 94.7 Å². The second-order valence-electron chi connectivity index (χ2n) is 7.51. The van der Waals surface area contributed by atoms with Gasteiger partial charge in [0, 0.05) is 4.90 Å². The molecular formula is C27H23NO4S. The van der Waals surface area contributed by atoms with E-state index in [1.54, 1.807) is 24.3 Å². The molecule has 0 aliphatic carbocycles. The fourth-order valence-corrected chi connectivity index (χ4v) is 4.50. The molecule has 1 heterocycles. The van der Waals surface area contributed by atoms with E-state index in [2.05, 4.69) is 0 Å². The molecule has 0 fully saturated rings. The molecule has 0 saturated heterocycles. The molecule has 0 aromatic heterocycles. The lowest BCUT2D eigenvalue weighted by Crippen LogP contribution is -2.30. The van der Waals surface area contributed by atoms with Gasteiger partial charge in [-0.25, -0.2) is 4.79 Å². The van der Waals surface area contributed by atoms with Crippen LogP contribution in [0.3, 0.4) is 0 Å². The zero-order valence-corrected chi connectivity index (χ0v) is 19.0. The predicted molar refractivity (Wildman–Crippen MR) is 128 cm³/mol. The van der Waals surface area contributed by atoms with Crippen molar-refractivity contribution >= 4 is 35.1 Å². The Balaban J connectivity index is 1.59. The summed E-state index contributed by atoms with van der Waals surface area (Å²) in [5, 5.41) is 0. The van der Waals surface area contributed by atoms with E-state index in [1.165, 1.54) is 16.7 Å². The summed E-state index contributed by atoms with van der Waals surface area (Å²) in [6, 6.07) is 25.6. The summed E-state index contributed by atoms with van der Waals surface area (Å²) in [6.07, 6.45) is 0.753. The van der Waals surface area contributed by atoms with Crippen molar-refractivity contribution in [1.29, 1.82) is 0 Å². The minimum atomic E-state index is -0.383. The summed E-state index contributed by atoms with van der Waals surface area (Å²) in [5.41, 5.74) is 2.32. The van der Waals surface area contributed by atoms with E-state index in [4.69, 9.17) is 4.74 Å². The maximum Gasteiger partial charge on any atom is 0.338 e. The van der Waals surface area contributed by atoms with E-state index in [-0.39, 0.29) is 24.3 Å². The number of imide groups is 1. The van der Waals surface area contributed by atoms with Gasteiger partial charge in [0.1, 0.15) is 0 Å². The topological polar surface area (TPSA) is 63.7 Å². The summed E-state index contributed by atoms with van der Waals surface area (Å²) >= 11 is 1.30. The molecule has 0 atom stereocenters. The molecule has 0 N–H and O–H groups in total. The van der Waals surface area contributed by atoms with Gasteiger partial charge in [-0.15, -0.1) is 0 Å². The highest BCUT2D eigenvalue weighted by molar-refractivity contribution is 8.04. The Morgan fingerprint density at radius 3 is 2.12 bits per heavy atom. The molecule has 0 spiro atoms. The number of benzene rings is 3. The molecule has 0 bridgehead atoms. The van der Waals surface area contributed by atoms with Crippen LogP contribution in [0.1, 0.15) is 34.8 Å². The van der Waals surface area contributed by atoms with Crippen LogP contribution in [-0.4, -0.2) is 29.3 Å². The number of ether oxygens (including phenoxy) is 1. The maximum absolute atomic E-state index is 13.4. The van der Waals surface area contributed by atoms with E-state index >= 15 is 0 Å². The zero-order chi connectivity index (χ0) is 23.2. The van der Waals surface area contributed by atoms with Crippen molar-refractivity contribution in [2.45, 2.75) is 24.8 Å². The third-order valence-electron chi connectivity index (χ3n) is 5.12. The average molecular weight is 458 g/mol. The molecule has 166 valence electrons. The number of hydrogen-bond donors (Lipinski definition) is 0. The van der Waals surface area contributed by atoms with Gasteiger partial charge in [0.15, 0.2) is 0 Å². The summed E-state index contributed by atoms with van der Waals surface area (Å²) in [6.45, 7) is 2.42. The SMILES string of the molecule is CCCOC(=O)c1ccc(CN2C(=O)C(Sc3ccccc3)=C(c3ccccc3)C2=O)cc1. The van der Waals surface area contributed by atoms with Crippen LogP contribution in [-0.2, 0) is 20.9 Å². The summed E-state index contributed by atoms with van der Waals surface area (Å²) < 4.78 is 5.15. The first-order chi connectivity index (χ1) is 16.1. The summed E-state index contributed by atoms with van der Waals surface area (Å²) in [7, 11) is 0. The Labute approximate surface area is 197 Å². The van der Waals surface area contributed by atoms with Crippen LogP contribution < -0.4 is 0 Å². The molecule has 33 heavy (non-hydrogen) atoms. The molecule has 0 unspecified atom stereocenters. The van der Waals surface area contributed by atoms with Crippen LogP contribution in [0.4, 0.5) is 0 Å². The van der Waals surface area contributed by atoms with Crippen LogP contribution in [0.25, 0.3) is 5.57 Å². The Bertz CT molecular complexity index is 1190. The first kappa shape index (κ1) is 22.6. The third-order valence-corrected chi connectivity index (χ3v) is 6.21. The monoisotopic (exact) mass is 457 g/mol. The molecule has 2 amide bonds. The number of amides is 2. The van der Waals surface area contributed by atoms with Crippen LogP contribution >= 0.6 is 11.8 Å². The van der Waals surface area contributed by atoms with E-state index in [1.807, 2.05) is 67.6 Å². The van der Waals surface area contributed by atoms with Gasteiger partial charge in [-0.05, 0) is 41.8 Å². The fraction of sp³-hybridized carbons (Fsp3) is 0.148. The zero-order valence-electron chi connectivity index (χ0n) is 18.2. The van der Waals surface area contributed by atoms with Gasteiger partial charge < -0.3 is 4.74 Å². The molecule has 0 saturated carbocycles. The van der Waals surface area contributed by atoms with E-state index in [9.17, 15) is 14.4 Å². The molecule has 6 heteroatoms. The molecule has 4 rings (SSSR count). The Morgan fingerprint density at radius 2 is 1.48 bits per heavy atom. The second kappa shape index (κ2) is 10.3. The lowest BCUT2D eigenvalue weighted by atomic mass is 10.1. The number of esters is 1. The summed E-state index contributed by atoms with van der Waals surface area (Å²) in [4.78, 5) is 41.3. The highest BCUT2D eigenvalue weighted by Gasteiger charge is 2.39. The van der Waals surface area contributed by atoms with E-state index in [0.29, 0.717) is 28.2 Å². The number of carbonyl (C=O) groups is 3. The predicted octanol–water partition coefficient (Wildman–Crippen LogP) is 5.33. The van der Waals surface area contributed by atoms with Crippen molar-refractivity contribution in [3.05, 3.63) is 107 Å². The van der Waals surface area contributed by atoms with Crippen molar-refractivity contribution in [2.75, 3.05) is 6.61 Å². The molecular weight excluding hydrogens is 434 g/mol. The molecule has 1 aliphatic heterocycles. The maximum atomic E-state index is 13.4. The Kier molecular flexibility index (Phi) is 7.05. The van der Waals surface area contributed by atoms with Gasteiger partial charge in [-0.1, -0.05) is 79.3 Å². The minimum Gasteiger partial charge on any atom is -0.462 e. The molecule has 5 nitrogen and oxygen atoms in total. The molecule has 0 radical (unpaired) electrons. The molecule has 3 aromatic carbocycles. The summed E-state index contributed by atoms with van der Waals surface area (Å²) in [5.74, 6) is -1.03.